The summed E-state index contributed by atoms with van der Waals surface area (Å²) in [5.74, 6) is 0.945. The van der Waals surface area contributed by atoms with Crippen LogP contribution in [0.25, 0.3) is 10.9 Å². The number of piperidine rings is 1. The van der Waals surface area contributed by atoms with Gasteiger partial charge in [-0.25, -0.2) is 0 Å². The van der Waals surface area contributed by atoms with Gasteiger partial charge in [-0.1, -0.05) is 19.3 Å². The van der Waals surface area contributed by atoms with Crippen LogP contribution in [-0.2, 0) is 0 Å². The van der Waals surface area contributed by atoms with E-state index in [1.54, 1.807) is 30.9 Å². The first-order valence-corrected chi connectivity index (χ1v) is 10.9. The molecule has 6 nitrogen and oxygen atoms in total. The highest BCUT2D eigenvalue weighted by molar-refractivity contribution is 5.99. The van der Waals surface area contributed by atoms with Crippen LogP contribution in [0.2, 0.25) is 0 Å². The zero-order valence-corrected chi connectivity index (χ0v) is 17.2. The summed E-state index contributed by atoms with van der Waals surface area (Å²) in [5, 5.41) is 0.981. The largest absolute Gasteiger partial charge is 0.352 e. The fourth-order valence-corrected chi connectivity index (χ4v) is 4.25. The highest BCUT2D eigenvalue weighted by Crippen LogP contribution is 2.24. The van der Waals surface area contributed by atoms with E-state index in [4.69, 9.17) is 0 Å². The van der Waals surface area contributed by atoms with Gasteiger partial charge < -0.3 is 9.88 Å². The zero-order chi connectivity index (χ0) is 20.8. The molecule has 0 spiro atoms. The number of nitrogens with zero attached hydrogens (tertiary/aromatic N) is 3. The Morgan fingerprint density at radius 2 is 1.87 bits per heavy atom. The summed E-state index contributed by atoms with van der Waals surface area (Å²) in [6.45, 7) is 1.65. The lowest BCUT2D eigenvalue weighted by molar-refractivity contribution is 0.0685. The van der Waals surface area contributed by atoms with Crippen molar-refractivity contribution in [2.24, 2.45) is 5.92 Å². The van der Waals surface area contributed by atoms with Gasteiger partial charge in [0.2, 0.25) is 0 Å². The molecule has 0 saturated carbocycles. The molecule has 1 saturated heterocycles. The molecule has 1 fully saturated rings. The van der Waals surface area contributed by atoms with Crippen molar-refractivity contribution < 1.29 is 9.59 Å². The fourth-order valence-electron chi connectivity index (χ4n) is 4.25. The lowest BCUT2D eigenvalue weighted by atomic mass is 9.90. The standard InChI is InChI=1S/C24H28N4O2/c29-23(22-15-20-17-26-12-8-21(20)27-22)7-3-1-2-5-18-9-13-28(14-10-18)24(30)19-6-4-11-25-16-19/h4,6,8,11-12,15-18,27H,1-3,5,7,9-10,13-14H2. The number of Topliss-reactive ketones (excluding diaryl/α,β-unsaturated/α-hetero) is 1. The first-order chi connectivity index (χ1) is 14.7. The van der Waals surface area contributed by atoms with E-state index < -0.39 is 0 Å². The van der Waals surface area contributed by atoms with Crippen LogP contribution >= 0.6 is 0 Å². The third-order valence-corrected chi connectivity index (χ3v) is 6.05. The van der Waals surface area contributed by atoms with Crippen molar-refractivity contribution >= 4 is 22.6 Å². The Hall–Kier alpha value is -3.02. The number of carbonyl (C=O) groups excluding carboxylic acids is 2. The van der Waals surface area contributed by atoms with Gasteiger partial charge in [0.25, 0.3) is 5.91 Å². The molecule has 0 atom stereocenters. The van der Waals surface area contributed by atoms with E-state index in [0.717, 1.165) is 56.1 Å². The monoisotopic (exact) mass is 404 g/mol. The number of nitrogens with one attached hydrogen (secondary N) is 1. The molecule has 4 heterocycles. The van der Waals surface area contributed by atoms with Crippen molar-refractivity contribution in [2.45, 2.75) is 44.9 Å². The van der Waals surface area contributed by atoms with Crippen LogP contribution in [0.4, 0.5) is 0 Å². The SMILES string of the molecule is O=C(CCCCCC1CCN(C(=O)c2cccnc2)CC1)c1cc2cnccc2[nH]1. The maximum atomic E-state index is 12.5. The predicted octanol–water partition coefficient (Wildman–Crippen LogP) is 4.64. The number of unbranched alkanes of at least 4 members (excludes halogenated alkanes) is 2. The molecule has 3 aromatic heterocycles. The Kier molecular flexibility index (Phi) is 6.52. The van der Waals surface area contributed by atoms with E-state index in [-0.39, 0.29) is 11.7 Å². The average molecular weight is 405 g/mol. The number of ketones is 1. The van der Waals surface area contributed by atoms with Crippen molar-refractivity contribution in [3.8, 4) is 0 Å². The van der Waals surface area contributed by atoms with Crippen molar-refractivity contribution in [2.75, 3.05) is 13.1 Å². The number of fused-ring (bicyclic) bond motifs is 1. The fraction of sp³-hybridized carbons (Fsp3) is 0.417. The first kappa shape index (κ1) is 20.3. The van der Waals surface area contributed by atoms with Gasteiger partial charge in [-0.3, -0.25) is 19.6 Å². The summed E-state index contributed by atoms with van der Waals surface area (Å²) >= 11 is 0. The van der Waals surface area contributed by atoms with E-state index in [2.05, 4.69) is 15.0 Å². The molecule has 0 aromatic carbocycles. The molecule has 6 heteroatoms. The van der Waals surface area contributed by atoms with Crippen LogP contribution in [0.5, 0.6) is 0 Å². The number of likely N-dealkylation sites (tertiary alicyclic amines) is 1. The minimum Gasteiger partial charge on any atom is -0.352 e. The molecule has 156 valence electrons. The summed E-state index contributed by atoms with van der Waals surface area (Å²) in [6.07, 6.45) is 13.9. The summed E-state index contributed by atoms with van der Waals surface area (Å²) < 4.78 is 0. The quantitative estimate of drug-likeness (QED) is 0.438. The second kappa shape index (κ2) is 9.65. The number of amides is 1. The molecule has 1 N–H and O–H groups in total. The van der Waals surface area contributed by atoms with Gasteiger partial charge in [0.15, 0.2) is 5.78 Å². The summed E-state index contributed by atoms with van der Waals surface area (Å²) in [5.41, 5.74) is 2.32. The molecule has 0 unspecified atom stereocenters. The molecule has 1 aliphatic heterocycles. The van der Waals surface area contributed by atoms with E-state index >= 15 is 0 Å². The summed E-state index contributed by atoms with van der Waals surface area (Å²) in [6, 6.07) is 7.42. The van der Waals surface area contributed by atoms with E-state index in [9.17, 15) is 9.59 Å². The highest BCUT2D eigenvalue weighted by Gasteiger charge is 2.23. The Balaban J connectivity index is 1.13. The second-order valence-electron chi connectivity index (χ2n) is 8.15. The van der Waals surface area contributed by atoms with E-state index in [1.807, 2.05) is 23.1 Å². The lowest BCUT2D eigenvalue weighted by Crippen LogP contribution is -2.38. The molecule has 30 heavy (non-hydrogen) atoms. The van der Waals surface area contributed by atoms with Gasteiger partial charge in [-0.05, 0) is 49.4 Å². The van der Waals surface area contributed by atoms with Crippen LogP contribution in [0.1, 0.15) is 65.8 Å². The van der Waals surface area contributed by atoms with Gasteiger partial charge in [0.05, 0.1) is 11.3 Å². The number of carbonyl (C=O) groups is 2. The van der Waals surface area contributed by atoms with Crippen LogP contribution in [0.15, 0.2) is 49.1 Å². The lowest BCUT2D eigenvalue weighted by Gasteiger charge is -2.32. The summed E-state index contributed by atoms with van der Waals surface area (Å²) in [7, 11) is 0. The molecule has 3 aromatic rings. The van der Waals surface area contributed by atoms with Gasteiger partial charge >= 0.3 is 0 Å². The minimum atomic E-state index is 0.0906. The van der Waals surface area contributed by atoms with Crippen LogP contribution in [0.3, 0.4) is 0 Å². The smallest absolute Gasteiger partial charge is 0.255 e. The van der Waals surface area contributed by atoms with Gasteiger partial charge in [0, 0.05) is 55.2 Å². The third kappa shape index (κ3) is 4.93. The van der Waals surface area contributed by atoms with Gasteiger partial charge in [-0.2, -0.15) is 0 Å². The number of hydrogen-bond donors (Lipinski definition) is 1. The first-order valence-electron chi connectivity index (χ1n) is 10.9. The molecule has 1 aliphatic rings. The molecular formula is C24H28N4O2. The number of rotatable bonds is 8. The summed E-state index contributed by atoms with van der Waals surface area (Å²) in [4.78, 5) is 38.2. The van der Waals surface area contributed by atoms with Crippen LogP contribution in [0, 0.1) is 5.92 Å². The molecule has 0 aliphatic carbocycles. The molecule has 1 amide bonds. The zero-order valence-electron chi connectivity index (χ0n) is 17.2. The van der Waals surface area contributed by atoms with Crippen molar-refractivity contribution in [1.82, 2.24) is 19.9 Å². The van der Waals surface area contributed by atoms with Crippen molar-refractivity contribution in [1.29, 1.82) is 0 Å². The van der Waals surface area contributed by atoms with Crippen LogP contribution < -0.4 is 0 Å². The number of H-pyrrole nitrogens is 1. The van der Waals surface area contributed by atoms with Crippen molar-refractivity contribution in [3.05, 3.63) is 60.3 Å². The maximum absolute atomic E-state index is 12.5. The number of aromatic nitrogens is 3. The molecule has 0 bridgehead atoms. The molecule has 0 radical (unpaired) electrons. The number of hydrogen-bond acceptors (Lipinski definition) is 4. The Bertz CT molecular complexity index is 958. The molecular weight excluding hydrogens is 376 g/mol. The number of aromatic amines is 1. The number of pyridine rings is 2. The third-order valence-electron chi connectivity index (χ3n) is 6.05. The highest BCUT2D eigenvalue weighted by atomic mass is 16.2. The predicted molar refractivity (Wildman–Crippen MR) is 116 cm³/mol. The van der Waals surface area contributed by atoms with Crippen LogP contribution in [-0.4, -0.2) is 44.6 Å². The maximum Gasteiger partial charge on any atom is 0.255 e. The van der Waals surface area contributed by atoms with E-state index in [0.29, 0.717) is 23.6 Å². The Morgan fingerprint density at radius 3 is 2.63 bits per heavy atom. The van der Waals surface area contributed by atoms with Gasteiger partial charge in [-0.15, -0.1) is 0 Å². The van der Waals surface area contributed by atoms with E-state index in [1.165, 1.54) is 6.42 Å². The minimum absolute atomic E-state index is 0.0906. The van der Waals surface area contributed by atoms with Gasteiger partial charge in [0.1, 0.15) is 0 Å². The Labute approximate surface area is 176 Å². The normalized spacial score (nSPS) is 14.9. The average Bonchev–Trinajstić information content (AvgIpc) is 3.24. The topological polar surface area (TPSA) is 79.0 Å². The van der Waals surface area contributed by atoms with Crippen molar-refractivity contribution in [3.63, 3.8) is 0 Å². The molecule has 4 rings (SSSR count). The second-order valence-corrected chi connectivity index (χ2v) is 8.15. The Morgan fingerprint density at radius 1 is 1.03 bits per heavy atom.